The Hall–Kier alpha value is -2.34. The molecule has 23 heavy (non-hydrogen) atoms. The van der Waals surface area contributed by atoms with Crippen molar-refractivity contribution in [1.82, 2.24) is 9.78 Å². The van der Waals surface area contributed by atoms with Crippen LogP contribution in [0.4, 0.5) is 17.1 Å². The Balaban J connectivity index is 1.43. The van der Waals surface area contributed by atoms with Crippen LogP contribution in [0.1, 0.15) is 19.3 Å². The summed E-state index contributed by atoms with van der Waals surface area (Å²) in [4.78, 5) is 12.5. The molecular formula is C17H20N4O2. The summed E-state index contributed by atoms with van der Waals surface area (Å²) in [5.74, 6) is 0.0550. The van der Waals surface area contributed by atoms with Crippen LogP contribution in [0, 0.1) is 5.92 Å². The standard InChI is InChI=1S/C17H20N4O2/c1-21-10-13(9-18-21)19-11-3-2-4-12(7-11)20-17(22)15-8-14-5-6-16(15)23-14/h2-4,7,9-10,14-16,19H,5-6,8H2,1H3,(H,20,22)/t14-,15-,16+/m1/s1. The van der Waals surface area contributed by atoms with Crippen molar-refractivity contribution >= 4 is 23.0 Å². The molecule has 1 aromatic heterocycles. The van der Waals surface area contributed by atoms with Gasteiger partial charge in [-0.3, -0.25) is 9.48 Å². The Kier molecular flexibility index (Phi) is 3.53. The average Bonchev–Trinajstić information content (AvgIpc) is 3.24. The zero-order valence-corrected chi connectivity index (χ0v) is 13.0. The first-order chi connectivity index (χ1) is 11.2. The van der Waals surface area contributed by atoms with Gasteiger partial charge in [0.25, 0.3) is 0 Å². The van der Waals surface area contributed by atoms with Gasteiger partial charge in [0.1, 0.15) is 0 Å². The molecule has 6 heteroatoms. The molecule has 2 N–H and O–H groups in total. The van der Waals surface area contributed by atoms with Gasteiger partial charge in [-0.2, -0.15) is 5.10 Å². The highest BCUT2D eigenvalue weighted by atomic mass is 16.5. The minimum absolute atomic E-state index is 0.0105. The lowest BCUT2D eigenvalue weighted by Gasteiger charge is -2.18. The number of nitrogens with zero attached hydrogens (tertiary/aromatic N) is 2. The van der Waals surface area contributed by atoms with Crippen molar-refractivity contribution in [2.45, 2.75) is 31.5 Å². The third-order valence-corrected chi connectivity index (χ3v) is 4.57. The minimum atomic E-state index is -0.0105. The van der Waals surface area contributed by atoms with Gasteiger partial charge in [0.2, 0.25) is 5.91 Å². The SMILES string of the molecule is Cn1cc(Nc2cccc(NC(=O)[C@@H]3C[C@H]4CC[C@@H]3O4)c2)cn1. The van der Waals surface area contributed by atoms with Gasteiger partial charge in [-0.05, 0) is 37.5 Å². The zero-order chi connectivity index (χ0) is 15.8. The number of amides is 1. The molecule has 1 amide bonds. The van der Waals surface area contributed by atoms with Crippen LogP contribution < -0.4 is 10.6 Å². The number of hydrogen-bond acceptors (Lipinski definition) is 4. The maximum absolute atomic E-state index is 12.5. The van der Waals surface area contributed by atoms with Gasteiger partial charge in [0.05, 0.1) is 30.0 Å². The number of hydrogen-bond donors (Lipinski definition) is 2. The normalized spacial score (nSPS) is 25.5. The highest BCUT2D eigenvalue weighted by molar-refractivity contribution is 5.93. The molecule has 1 aromatic carbocycles. The molecule has 0 aliphatic carbocycles. The summed E-state index contributed by atoms with van der Waals surface area (Å²) < 4.78 is 7.51. The molecule has 4 rings (SSSR count). The fourth-order valence-electron chi connectivity index (χ4n) is 3.48. The second kappa shape index (κ2) is 5.70. The number of aromatic nitrogens is 2. The van der Waals surface area contributed by atoms with Crippen LogP contribution in [0.25, 0.3) is 0 Å². The summed E-state index contributed by atoms with van der Waals surface area (Å²) in [7, 11) is 1.87. The van der Waals surface area contributed by atoms with Crippen LogP contribution in [0.5, 0.6) is 0 Å². The summed E-state index contributed by atoms with van der Waals surface area (Å²) in [6.07, 6.45) is 7.01. The second-order valence-electron chi connectivity index (χ2n) is 6.31. The monoisotopic (exact) mass is 312 g/mol. The molecule has 0 spiro atoms. The van der Waals surface area contributed by atoms with E-state index in [1.807, 2.05) is 37.5 Å². The molecule has 0 unspecified atom stereocenters. The molecule has 6 nitrogen and oxygen atoms in total. The molecule has 0 radical (unpaired) electrons. The largest absolute Gasteiger partial charge is 0.374 e. The summed E-state index contributed by atoms with van der Waals surface area (Å²) in [6, 6.07) is 7.72. The highest BCUT2D eigenvalue weighted by Gasteiger charge is 2.44. The van der Waals surface area contributed by atoms with Crippen LogP contribution in [0.15, 0.2) is 36.7 Å². The number of carbonyl (C=O) groups excluding carboxylic acids is 1. The molecule has 3 atom stereocenters. The zero-order valence-electron chi connectivity index (χ0n) is 13.0. The Morgan fingerprint density at radius 2 is 2.17 bits per heavy atom. The van der Waals surface area contributed by atoms with Gasteiger partial charge in [-0.1, -0.05) is 6.07 Å². The lowest BCUT2D eigenvalue weighted by Crippen LogP contribution is -2.30. The van der Waals surface area contributed by atoms with Crippen molar-refractivity contribution < 1.29 is 9.53 Å². The van der Waals surface area contributed by atoms with E-state index < -0.39 is 0 Å². The molecule has 2 aromatic rings. The van der Waals surface area contributed by atoms with Gasteiger partial charge in [0.15, 0.2) is 0 Å². The maximum atomic E-state index is 12.5. The van der Waals surface area contributed by atoms with E-state index in [4.69, 9.17) is 4.74 Å². The van der Waals surface area contributed by atoms with Crippen molar-refractivity contribution in [3.05, 3.63) is 36.7 Å². The van der Waals surface area contributed by atoms with Crippen molar-refractivity contribution in [1.29, 1.82) is 0 Å². The van der Waals surface area contributed by atoms with E-state index in [1.165, 1.54) is 0 Å². The van der Waals surface area contributed by atoms with Crippen molar-refractivity contribution in [3.8, 4) is 0 Å². The number of rotatable bonds is 4. The molecule has 2 aliphatic rings. The Labute approximate surface area is 134 Å². The molecule has 2 bridgehead atoms. The first kappa shape index (κ1) is 14.3. The van der Waals surface area contributed by atoms with Gasteiger partial charge in [-0.15, -0.1) is 0 Å². The lowest BCUT2D eigenvalue weighted by molar-refractivity contribution is -0.121. The highest BCUT2D eigenvalue weighted by Crippen LogP contribution is 2.39. The van der Waals surface area contributed by atoms with Crippen molar-refractivity contribution in [2.75, 3.05) is 10.6 Å². The smallest absolute Gasteiger partial charge is 0.230 e. The predicted octanol–water partition coefficient (Wildman–Crippen LogP) is 2.67. The fraction of sp³-hybridized carbons (Fsp3) is 0.412. The van der Waals surface area contributed by atoms with Crippen LogP contribution in [-0.2, 0) is 16.6 Å². The number of aryl methyl sites for hydroxylation is 1. The molecule has 2 saturated heterocycles. The predicted molar refractivity (Wildman–Crippen MR) is 87.6 cm³/mol. The van der Waals surface area contributed by atoms with E-state index in [0.717, 1.165) is 36.3 Å². The number of fused-ring (bicyclic) bond motifs is 2. The Morgan fingerprint density at radius 3 is 2.87 bits per heavy atom. The molecule has 2 fully saturated rings. The molecule has 2 aliphatic heterocycles. The molecular weight excluding hydrogens is 292 g/mol. The van der Waals surface area contributed by atoms with E-state index >= 15 is 0 Å². The summed E-state index contributed by atoms with van der Waals surface area (Å²) in [6.45, 7) is 0. The number of carbonyl (C=O) groups is 1. The average molecular weight is 312 g/mol. The summed E-state index contributed by atoms with van der Waals surface area (Å²) in [5.41, 5.74) is 2.63. The summed E-state index contributed by atoms with van der Waals surface area (Å²) >= 11 is 0. The van der Waals surface area contributed by atoms with Crippen LogP contribution in [0.3, 0.4) is 0 Å². The van der Waals surface area contributed by atoms with Crippen molar-refractivity contribution in [2.24, 2.45) is 13.0 Å². The Morgan fingerprint density at radius 1 is 1.30 bits per heavy atom. The topological polar surface area (TPSA) is 68.2 Å². The molecule has 120 valence electrons. The minimum Gasteiger partial charge on any atom is -0.374 e. The fourth-order valence-corrected chi connectivity index (χ4v) is 3.48. The van der Waals surface area contributed by atoms with Crippen molar-refractivity contribution in [3.63, 3.8) is 0 Å². The van der Waals surface area contributed by atoms with Gasteiger partial charge in [-0.25, -0.2) is 0 Å². The quantitative estimate of drug-likeness (QED) is 0.911. The van der Waals surface area contributed by atoms with E-state index in [2.05, 4.69) is 15.7 Å². The van der Waals surface area contributed by atoms with Crippen LogP contribution in [0.2, 0.25) is 0 Å². The van der Waals surface area contributed by atoms with E-state index in [9.17, 15) is 4.79 Å². The Bertz CT molecular complexity index is 727. The van der Waals surface area contributed by atoms with Gasteiger partial charge in [0, 0.05) is 24.6 Å². The molecule has 0 saturated carbocycles. The van der Waals surface area contributed by atoms with Crippen LogP contribution in [-0.4, -0.2) is 27.9 Å². The van der Waals surface area contributed by atoms with Gasteiger partial charge < -0.3 is 15.4 Å². The maximum Gasteiger partial charge on any atom is 0.230 e. The van der Waals surface area contributed by atoms with E-state index in [-0.39, 0.29) is 24.0 Å². The van der Waals surface area contributed by atoms with Crippen LogP contribution >= 0.6 is 0 Å². The summed E-state index contributed by atoms with van der Waals surface area (Å²) in [5, 5.41) is 10.4. The molecule has 3 heterocycles. The van der Waals surface area contributed by atoms with Gasteiger partial charge >= 0.3 is 0 Å². The van der Waals surface area contributed by atoms with E-state index in [1.54, 1.807) is 10.9 Å². The second-order valence-corrected chi connectivity index (χ2v) is 6.31. The number of anilines is 3. The first-order valence-corrected chi connectivity index (χ1v) is 7.99. The number of ether oxygens (including phenoxy) is 1. The number of nitrogens with one attached hydrogen (secondary N) is 2. The first-order valence-electron chi connectivity index (χ1n) is 7.99. The third kappa shape index (κ3) is 2.94. The lowest BCUT2D eigenvalue weighted by atomic mass is 9.88. The van der Waals surface area contributed by atoms with E-state index in [0.29, 0.717) is 0 Å². The number of benzene rings is 1. The third-order valence-electron chi connectivity index (χ3n) is 4.57.